The molecule has 26 heavy (non-hydrogen) atoms. The van der Waals surface area contributed by atoms with Gasteiger partial charge in [0.2, 0.25) is 0 Å². The summed E-state index contributed by atoms with van der Waals surface area (Å²) in [5.41, 5.74) is 5.05. The van der Waals surface area contributed by atoms with Crippen LogP contribution in [0.5, 0.6) is 5.75 Å². The molecule has 0 unspecified atom stereocenters. The number of nitrogens with two attached hydrogens (primary N) is 1. The van der Waals surface area contributed by atoms with Crippen molar-refractivity contribution in [3.63, 3.8) is 0 Å². The summed E-state index contributed by atoms with van der Waals surface area (Å²) >= 11 is 3.10. The van der Waals surface area contributed by atoms with Gasteiger partial charge in [-0.05, 0) is 51.3 Å². The van der Waals surface area contributed by atoms with Crippen molar-refractivity contribution in [2.45, 2.75) is 12.2 Å². The highest BCUT2D eigenvalue weighted by molar-refractivity contribution is 9.10. The van der Waals surface area contributed by atoms with Gasteiger partial charge in [0, 0.05) is 7.05 Å². The van der Waals surface area contributed by atoms with Gasteiger partial charge in [-0.1, -0.05) is 18.2 Å². The molecule has 9 heteroatoms. The minimum atomic E-state index is -2.96. The average molecular weight is 428 g/mol. The summed E-state index contributed by atoms with van der Waals surface area (Å²) in [7, 11) is 1.47. The lowest BCUT2D eigenvalue weighted by Crippen LogP contribution is -2.41. The molecule has 2 aromatic rings. The van der Waals surface area contributed by atoms with Gasteiger partial charge in [0.25, 0.3) is 5.91 Å². The molecule has 136 valence electrons. The smallest absolute Gasteiger partial charge is 0.387 e. The molecule has 0 radical (unpaired) electrons. The van der Waals surface area contributed by atoms with Crippen LogP contribution in [0.15, 0.2) is 51.9 Å². The van der Waals surface area contributed by atoms with Gasteiger partial charge in [0.15, 0.2) is 11.5 Å². The molecule has 1 heterocycles. The second kappa shape index (κ2) is 6.64. The van der Waals surface area contributed by atoms with E-state index in [0.29, 0.717) is 11.1 Å². The zero-order valence-electron chi connectivity index (χ0n) is 13.4. The van der Waals surface area contributed by atoms with Gasteiger partial charge in [-0.3, -0.25) is 9.69 Å². The fourth-order valence-electron chi connectivity index (χ4n) is 2.78. The third kappa shape index (κ3) is 2.92. The lowest BCUT2D eigenvalue weighted by Gasteiger charge is -2.26. The topological polar surface area (TPSA) is 67.9 Å². The van der Waals surface area contributed by atoms with Crippen molar-refractivity contribution >= 4 is 27.8 Å². The molecule has 1 amide bonds. The Hall–Kier alpha value is -2.55. The van der Waals surface area contributed by atoms with Gasteiger partial charge >= 0.3 is 6.61 Å². The fraction of sp³-hybridized carbons (Fsp3) is 0.176. The Kier molecular flexibility index (Phi) is 4.66. The highest BCUT2D eigenvalue weighted by Gasteiger charge is 2.49. The van der Waals surface area contributed by atoms with Crippen molar-refractivity contribution in [3.05, 3.63) is 63.9 Å². The quantitative estimate of drug-likeness (QED) is 0.814. The molecule has 0 aliphatic carbocycles. The molecule has 5 nitrogen and oxygen atoms in total. The number of carbonyl (C=O) groups is 1. The third-order valence-electron chi connectivity index (χ3n) is 4.07. The molecule has 2 N–H and O–H groups in total. The molecule has 3 rings (SSSR count). The molecule has 2 aromatic carbocycles. The standard InChI is InChI=1S/C17H13BrF3N3O2/c1-24-14(25)17(23-16(24)22,10-4-7-13(19)12(18)8-10)9-2-5-11(6-3-9)26-15(20)21/h2-8,15H,1H3,(H2,22,23)/t17-/m0/s1. The minimum Gasteiger partial charge on any atom is -0.435 e. The molecule has 0 spiro atoms. The average Bonchev–Trinajstić information content (AvgIpc) is 2.82. The van der Waals surface area contributed by atoms with E-state index in [-0.39, 0.29) is 16.2 Å². The zero-order chi connectivity index (χ0) is 19.1. The maximum Gasteiger partial charge on any atom is 0.387 e. The first-order chi connectivity index (χ1) is 12.3. The Bertz CT molecular complexity index is 889. The largest absolute Gasteiger partial charge is 0.435 e. The number of nitrogens with zero attached hydrogens (tertiary/aromatic N) is 2. The second-order valence-electron chi connectivity index (χ2n) is 5.58. The van der Waals surface area contributed by atoms with Crippen molar-refractivity contribution in [2.24, 2.45) is 10.7 Å². The van der Waals surface area contributed by atoms with E-state index in [1.807, 2.05) is 0 Å². The van der Waals surface area contributed by atoms with Crippen LogP contribution in [0.25, 0.3) is 0 Å². The van der Waals surface area contributed by atoms with Crippen LogP contribution >= 0.6 is 15.9 Å². The lowest BCUT2D eigenvalue weighted by molar-refractivity contribution is -0.129. The number of benzene rings is 2. The van der Waals surface area contributed by atoms with E-state index in [4.69, 9.17) is 5.73 Å². The summed E-state index contributed by atoms with van der Waals surface area (Å²) in [5, 5.41) is 0. The van der Waals surface area contributed by atoms with Crippen LogP contribution < -0.4 is 10.5 Å². The van der Waals surface area contributed by atoms with Crippen LogP contribution in [0.4, 0.5) is 13.2 Å². The number of hydrogen-bond donors (Lipinski definition) is 1. The molecular weight excluding hydrogens is 415 g/mol. The van der Waals surface area contributed by atoms with Crippen LogP contribution in [0.3, 0.4) is 0 Å². The molecule has 0 saturated heterocycles. The van der Waals surface area contributed by atoms with Crippen molar-refractivity contribution in [2.75, 3.05) is 7.05 Å². The maximum atomic E-state index is 13.6. The number of rotatable bonds is 4. The van der Waals surface area contributed by atoms with Crippen LogP contribution in [0, 0.1) is 5.82 Å². The zero-order valence-corrected chi connectivity index (χ0v) is 15.0. The van der Waals surface area contributed by atoms with Crippen molar-refractivity contribution in [1.82, 2.24) is 4.90 Å². The number of likely N-dealkylation sites (N-methyl/N-ethyl adjacent to an activating group) is 1. The van der Waals surface area contributed by atoms with Crippen LogP contribution in [-0.2, 0) is 10.3 Å². The monoisotopic (exact) mass is 427 g/mol. The van der Waals surface area contributed by atoms with E-state index in [1.54, 1.807) is 0 Å². The number of halogens is 4. The number of carbonyl (C=O) groups excluding carboxylic acids is 1. The predicted octanol–water partition coefficient (Wildman–Crippen LogP) is 3.22. The molecule has 0 fully saturated rings. The van der Waals surface area contributed by atoms with Crippen molar-refractivity contribution in [1.29, 1.82) is 0 Å². The van der Waals surface area contributed by atoms with E-state index in [2.05, 4.69) is 25.7 Å². The number of ether oxygens (including phenoxy) is 1. The Morgan fingerprint density at radius 1 is 1.19 bits per heavy atom. The maximum absolute atomic E-state index is 13.6. The van der Waals surface area contributed by atoms with Gasteiger partial charge in [-0.15, -0.1) is 0 Å². The van der Waals surface area contributed by atoms with Crippen LogP contribution in [-0.4, -0.2) is 30.4 Å². The number of hydrogen-bond acceptors (Lipinski definition) is 4. The Morgan fingerprint density at radius 3 is 2.31 bits per heavy atom. The van der Waals surface area contributed by atoms with E-state index in [0.717, 1.165) is 0 Å². The van der Waals surface area contributed by atoms with Gasteiger partial charge in [0.05, 0.1) is 4.47 Å². The van der Waals surface area contributed by atoms with E-state index in [1.165, 1.54) is 54.4 Å². The summed E-state index contributed by atoms with van der Waals surface area (Å²) in [6, 6.07) is 9.57. The van der Waals surface area contributed by atoms with Crippen LogP contribution in [0.1, 0.15) is 11.1 Å². The Labute approximate surface area is 155 Å². The highest BCUT2D eigenvalue weighted by Crippen LogP contribution is 2.40. The van der Waals surface area contributed by atoms with Gasteiger partial charge < -0.3 is 10.5 Å². The molecule has 0 bridgehead atoms. The lowest BCUT2D eigenvalue weighted by atomic mass is 9.83. The second-order valence-corrected chi connectivity index (χ2v) is 6.43. The minimum absolute atomic E-state index is 0.0108. The number of alkyl halides is 2. The van der Waals surface area contributed by atoms with Gasteiger partial charge in [0.1, 0.15) is 11.6 Å². The van der Waals surface area contributed by atoms with Crippen molar-refractivity contribution < 1.29 is 22.7 Å². The third-order valence-corrected chi connectivity index (χ3v) is 4.68. The highest BCUT2D eigenvalue weighted by atomic mass is 79.9. The molecule has 1 aliphatic rings. The van der Waals surface area contributed by atoms with Crippen LogP contribution in [0.2, 0.25) is 0 Å². The number of aliphatic imine (C=N–C) groups is 1. The predicted molar refractivity (Wildman–Crippen MR) is 92.3 cm³/mol. The summed E-state index contributed by atoms with van der Waals surface area (Å²) in [5.74, 6) is -1.02. The van der Waals surface area contributed by atoms with E-state index in [9.17, 15) is 18.0 Å². The van der Waals surface area contributed by atoms with Crippen molar-refractivity contribution in [3.8, 4) is 5.75 Å². The normalized spacial score (nSPS) is 19.8. The van der Waals surface area contributed by atoms with E-state index >= 15 is 0 Å². The number of guanidine groups is 1. The Balaban J connectivity index is 2.16. The summed E-state index contributed by atoms with van der Waals surface area (Å²) < 4.78 is 42.8. The molecule has 1 atom stereocenters. The molecule has 0 saturated carbocycles. The first kappa shape index (κ1) is 18.2. The SMILES string of the molecule is CN1C(=O)[C@](c2ccc(OC(F)F)cc2)(c2ccc(F)c(Br)c2)N=C1N. The van der Waals surface area contributed by atoms with Gasteiger partial charge in [-0.25, -0.2) is 9.38 Å². The summed E-state index contributed by atoms with van der Waals surface area (Å²) in [6.45, 7) is -2.96. The molecule has 1 aliphatic heterocycles. The number of amides is 1. The van der Waals surface area contributed by atoms with Gasteiger partial charge in [-0.2, -0.15) is 8.78 Å². The first-order valence-electron chi connectivity index (χ1n) is 7.40. The van der Waals surface area contributed by atoms with E-state index < -0.39 is 23.9 Å². The Morgan fingerprint density at radius 2 is 1.81 bits per heavy atom. The summed E-state index contributed by atoms with van der Waals surface area (Å²) in [6.07, 6.45) is 0. The molecular formula is C17H13BrF3N3O2. The first-order valence-corrected chi connectivity index (χ1v) is 8.19. The summed E-state index contributed by atoms with van der Waals surface area (Å²) in [4.78, 5) is 18.5. The fourth-order valence-corrected chi connectivity index (χ4v) is 3.16. The molecule has 0 aromatic heterocycles.